The molecule has 0 atom stereocenters. The molecule has 26 heavy (non-hydrogen) atoms. The van der Waals surface area contributed by atoms with Crippen LogP contribution in [0.3, 0.4) is 0 Å². The number of carbonyl (C=O) groups excluding carboxylic acids is 1. The Labute approximate surface area is 147 Å². The molecule has 2 aromatic rings. The van der Waals surface area contributed by atoms with Gasteiger partial charge < -0.3 is 10.4 Å². The summed E-state index contributed by atoms with van der Waals surface area (Å²) in [7, 11) is 0. The molecule has 0 fully saturated rings. The van der Waals surface area contributed by atoms with Gasteiger partial charge in [0.2, 0.25) is 5.91 Å². The Kier molecular flexibility index (Phi) is 5.11. The predicted molar refractivity (Wildman–Crippen MR) is 88.3 cm³/mol. The average molecular weight is 369 g/mol. The molecule has 0 aliphatic rings. The maximum Gasteiger partial charge on any atom is 0.394 e. The molecule has 0 aliphatic carbocycles. The van der Waals surface area contributed by atoms with Crippen LogP contribution in [-0.2, 0) is 4.79 Å². The van der Waals surface area contributed by atoms with Gasteiger partial charge in [-0.25, -0.2) is 9.48 Å². The lowest BCUT2D eigenvalue weighted by Crippen LogP contribution is -2.35. The Bertz CT molecular complexity index is 841. The second kappa shape index (κ2) is 6.81. The molecule has 1 heterocycles. The molecule has 2 rings (SSSR count). The quantitative estimate of drug-likeness (QED) is 0.840. The van der Waals surface area contributed by atoms with Crippen molar-refractivity contribution in [2.24, 2.45) is 5.41 Å². The molecule has 1 aromatic carbocycles. The highest BCUT2D eigenvalue weighted by Gasteiger charge is 2.48. The van der Waals surface area contributed by atoms with Gasteiger partial charge in [0.15, 0.2) is 0 Å². The van der Waals surface area contributed by atoms with Crippen LogP contribution in [0.1, 0.15) is 36.3 Å². The van der Waals surface area contributed by atoms with Crippen LogP contribution in [0.2, 0.25) is 0 Å². The van der Waals surface area contributed by atoms with E-state index in [4.69, 9.17) is 5.11 Å². The van der Waals surface area contributed by atoms with Gasteiger partial charge in [-0.3, -0.25) is 4.79 Å². The Morgan fingerprint density at radius 1 is 1.27 bits per heavy atom. The molecule has 140 valence electrons. The summed E-state index contributed by atoms with van der Waals surface area (Å²) in [5.74, 6) is -1.89. The van der Waals surface area contributed by atoms with Crippen LogP contribution in [0.4, 0.5) is 18.9 Å². The van der Waals surface area contributed by atoms with Crippen LogP contribution in [0.5, 0.6) is 0 Å². The zero-order valence-corrected chi connectivity index (χ0v) is 14.4. The number of benzene rings is 1. The molecule has 2 N–H and O–H groups in total. The third-order valence-electron chi connectivity index (χ3n) is 3.98. The molecule has 0 saturated heterocycles. The Hall–Kier alpha value is -2.84. The first-order chi connectivity index (χ1) is 11.9. The summed E-state index contributed by atoms with van der Waals surface area (Å²) in [6, 6.07) is 6.26. The van der Waals surface area contributed by atoms with Crippen LogP contribution in [0, 0.1) is 12.3 Å². The van der Waals surface area contributed by atoms with E-state index in [1.54, 1.807) is 19.1 Å². The molecule has 0 radical (unpaired) electrons. The number of carboxylic acids is 1. The molecule has 0 unspecified atom stereocenters. The van der Waals surface area contributed by atoms with Gasteiger partial charge in [0, 0.05) is 12.1 Å². The lowest BCUT2D eigenvalue weighted by Gasteiger charge is -2.26. The molecule has 0 spiro atoms. The van der Waals surface area contributed by atoms with Gasteiger partial charge in [-0.15, -0.1) is 0 Å². The van der Waals surface area contributed by atoms with Gasteiger partial charge >= 0.3 is 12.1 Å². The minimum absolute atomic E-state index is 0.0337. The minimum Gasteiger partial charge on any atom is -0.478 e. The van der Waals surface area contributed by atoms with E-state index < -0.39 is 29.9 Å². The molecule has 1 amide bonds. The molecule has 0 aliphatic heterocycles. The zero-order chi connectivity index (χ0) is 19.7. The number of nitrogens with one attached hydrogen (secondary N) is 1. The number of carboxylic acid groups (broad SMARTS) is 1. The van der Waals surface area contributed by atoms with Crippen molar-refractivity contribution in [3.05, 3.63) is 41.7 Å². The second-order valence-electron chi connectivity index (χ2n) is 6.52. The molecule has 6 nitrogen and oxygen atoms in total. The third-order valence-corrected chi connectivity index (χ3v) is 3.98. The molecule has 1 aromatic heterocycles. The number of alkyl halides is 3. The summed E-state index contributed by atoms with van der Waals surface area (Å²) in [5.41, 5.74) is -0.963. The number of amides is 1. The van der Waals surface area contributed by atoms with Crippen LogP contribution in [0.15, 0.2) is 30.5 Å². The van der Waals surface area contributed by atoms with E-state index in [1.165, 1.54) is 23.0 Å². The second-order valence-corrected chi connectivity index (χ2v) is 6.52. The van der Waals surface area contributed by atoms with E-state index >= 15 is 0 Å². The van der Waals surface area contributed by atoms with E-state index in [9.17, 15) is 22.8 Å². The van der Waals surface area contributed by atoms with Crippen molar-refractivity contribution >= 4 is 17.6 Å². The Morgan fingerprint density at radius 2 is 1.92 bits per heavy atom. The number of aromatic carboxylic acids is 1. The SMILES string of the molecule is Cc1c(C(=O)O)cnn1-c1cccc(NC(=O)CC(C)(C)C(F)(F)F)c1. The highest BCUT2D eigenvalue weighted by atomic mass is 19.4. The van der Waals surface area contributed by atoms with Crippen molar-refractivity contribution in [2.75, 3.05) is 5.32 Å². The number of hydrogen-bond acceptors (Lipinski definition) is 3. The molecule has 0 saturated carbocycles. The first-order valence-electron chi connectivity index (χ1n) is 7.67. The summed E-state index contributed by atoms with van der Waals surface area (Å²) in [6.07, 6.45) is -4.01. The van der Waals surface area contributed by atoms with Crippen LogP contribution < -0.4 is 5.32 Å². The maximum absolute atomic E-state index is 12.9. The van der Waals surface area contributed by atoms with Crippen LogP contribution >= 0.6 is 0 Å². The highest BCUT2D eigenvalue weighted by Crippen LogP contribution is 2.40. The first kappa shape index (κ1) is 19.5. The van der Waals surface area contributed by atoms with Crippen molar-refractivity contribution in [1.29, 1.82) is 0 Å². The van der Waals surface area contributed by atoms with Crippen molar-refractivity contribution in [3.8, 4) is 5.69 Å². The van der Waals surface area contributed by atoms with Crippen molar-refractivity contribution in [1.82, 2.24) is 9.78 Å². The van der Waals surface area contributed by atoms with E-state index in [1.807, 2.05) is 0 Å². The van der Waals surface area contributed by atoms with Gasteiger partial charge in [0.05, 0.1) is 23.0 Å². The van der Waals surface area contributed by atoms with Crippen molar-refractivity contribution < 1.29 is 27.9 Å². The highest BCUT2D eigenvalue weighted by molar-refractivity contribution is 5.91. The summed E-state index contributed by atoms with van der Waals surface area (Å²) in [5, 5.41) is 15.5. The van der Waals surface area contributed by atoms with Crippen molar-refractivity contribution in [3.63, 3.8) is 0 Å². The summed E-state index contributed by atoms with van der Waals surface area (Å²) in [6.45, 7) is 3.50. The van der Waals surface area contributed by atoms with Gasteiger partial charge in [-0.1, -0.05) is 19.9 Å². The van der Waals surface area contributed by atoms with E-state index in [2.05, 4.69) is 10.4 Å². The number of nitrogens with zero attached hydrogens (tertiary/aromatic N) is 2. The smallest absolute Gasteiger partial charge is 0.394 e. The monoisotopic (exact) mass is 369 g/mol. The summed E-state index contributed by atoms with van der Waals surface area (Å²) < 4.78 is 40.0. The fourth-order valence-corrected chi connectivity index (χ4v) is 2.30. The molecule has 9 heteroatoms. The number of halogens is 3. The Balaban J connectivity index is 2.20. The lowest BCUT2D eigenvalue weighted by molar-refractivity contribution is -0.213. The van der Waals surface area contributed by atoms with Crippen molar-refractivity contribution in [2.45, 2.75) is 33.4 Å². The van der Waals surface area contributed by atoms with E-state index in [0.29, 0.717) is 11.4 Å². The van der Waals surface area contributed by atoms with Gasteiger partial charge in [-0.2, -0.15) is 18.3 Å². The van der Waals surface area contributed by atoms with Crippen LogP contribution in [0.25, 0.3) is 5.69 Å². The number of carbonyl (C=O) groups is 2. The number of rotatable bonds is 5. The average Bonchev–Trinajstić information content (AvgIpc) is 2.87. The fraction of sp³-hybridized carbons (Fsp3) is 0.353. The normalized spacial score (nSPS) is 12.1. The maximum atomic E-state index is 12.9. The predicted octanol–water partition coefficient (Wildman–Crippen LogP) is 3.80. The third kappa shape index (κ3) is 4.04. The molecule has 0 bridgehead atoms. The summed E-state index contributed by atoms with van der Waals surface area (Å²) >= 11 is 0. The molecular formula is C17H18F3N3O3. The number of aromatic nitrogens is 2. The fourth-order valence-electron chi connectivity index (χ4n) is 2.30. The molecular weight excluding hydrogens is 351 g/mol. The van der Waals surface area contributed by atoms with Gasteiger partial charge in [0.1, 0.15) is 5.56 Å². The van der Waals surface area contributed by atoms with E-state index in [-0.39, 0.29) is 11.3 Å². The largest absolute Gasteiger partial charge is 0.478 e. The van der Waals surface area contributed by atoms with Gasteiger partial charge in [0.25, 0.3) is 0 Å². The van der Waals surface area contributed by atoms with Gasteiger partial charge in [-0.05, 0) is 25.1 Å². The number of hydrogen-bond donors (Lipinski definition) is 2. The standard InChI is InChI=1S/C17H18F3N3O3/c1-10-13(15(25)26)9-21-23(10)12-6-4-5-11(7-12)22-14(24)8-16(2,3)17(18,19)20/h4-7,9H,8H2,1-3H3,(H,22,24)(H,25,26). The minimum atomic E-state index is -4.49. The van der Waals surface area contributed by atoms with Crippen LogP contribution in [-0.4, -0.2) is 32.9 Å². The zero-order valence-electron chi connectivity index (χ0n) is 14.4. The topological polar surface area (TPSA) is 84.2 Å². The first-order valence-corrected chi connectivity index (χ1v) is 7.67. The Morgan fingerprint density at radius 3 is 2.46 bits per heavy atom. The van der Waals surface area contributed by atoms with E-state index in [0.717, 1.165) is 13.8 Å². The summed E-state index contributed by atoms with van der Waals surface area (Å²) in [4.78, 5) is 23.1. The lowest BCUT2D eigenvalue weighted by atomic mass is 9.88. The number of anilines is 1.